The van der Waals surface area contributed by atoms with Crippen molar-refractivity contribution in [3.8, 4) is 0 Å². The molecule has 6 nitrogen and oxygen atoms in total. The van der Waals surface area contributed by atoms with Crippen LogP contribution in [-0.4, -0.2) is 47.7 Å². The molecule has 0 amide bonds. The number of aromatic nitrogens is 2. The first-order chi connectivity index (χ1) is 8.74. The maximum absolute atomic E-state index is 9.64. The Morgan fingerprint density at radius 3 is 3.06 bits per heavy atom. The van der Waals surface area contributed by atoms with Gasteiger partial charge in [-0.25, -0.2) is 0 Å². The molecule has 1 unspecified atom stereocenters. The molecule has 1 fully saturated rings. The summed E-state index contributed by atoms with van der Waals surface area (Å²) >= 11 is 0. The molecule has 18 heavy (non-hydrogen) atoms. The second kappa shape index (κ2) is 6.82. The number of aryl methyl sites for hydroxylation is 1. The summed E-state index contributed by atoms with van der Waals surface area (Å²) in [6, 6.07) is 0. The number of aliphatic hydroxyl groups is 1. The first-order valence-electron chi connectivity index (χ1n) is 6.49. The SMILES string of the molecule is Cc1noc(CCNCC(O)COCC2CC2)n1. The van der Waals surface area contributed by atoms with Crippen LogP contribution in [-0.2, 0) is 11.2 Å². The molecule has 1 aromatic heterocycles. The second-order valence-electron chi connectivity index (χ2n) is 4.82. The van der Waals surface area contributed by atoms with Crippen LogP contribution in [0.1, 0.15) is 24.6 Å². The van der Waals surface area contributed by atoms with Gasteiger partial charge in [-0.05, 0) is 25.7 Å². The van der Waals surface area contributed by atoms with Gasteiger partial charge in [0.1, 0.15) is 0 Å². The molecular weight excluding hydrogens is 234 g/mol. The summed E-state index contributed by atoms with van der Waals surface area (Å²) in [5.74, 6) is 2.02. The van der Waals surface area contributed by atoms with Crippen LogP contribution in [0, 0.1) is 12.8 Å². The molecular formula is C12H21N3O3. The highest BCUT2D eigenvalue weighted by Gasteiger charge is 2.21. The Morgan fingerprint density at radius 2 is 2.39 bits per heavy atom. The van der Waals surface area contributed by atoms with E-state index in [0.29, 0.717) is 37.8 Å². The van der Waals surface area contributed by atoms with Crippen LogP contribution in [0.15, 0.2) is 4.52 Å². The van der Waals surface area contributed by atoms with Crippen LogP contribution >= 0.6 is 0 Å². The van der Waals surface area contributed by atoms with Crippen LogP contribution in [0.4, 0.5) is 0 Å². The first kappa shape index (κ1) is 13.5. The number of ether oxygens (including phenoxy) is 1. The molecule has 0 aliphatic heterocycles. The van der Waals surface area contributed by atoms with E-state index in [1.54, 1.807) is 6.92 Å². The first-order valence-corrected chi connectivity index (χ1v) is 6.49. The number of hydrogen-bond acceptors (Lipinski definition) is 6. The lowest BCUT2D eigenvalue weighted by molar-refractivity contribution is 0.0326. The lowest BCUT2D eigenvalue weighted by atomic mass is 10.3. The smallest absolute Gasteiger partial charge is 0.227 e. The monoisotopic (exact) mass is 255 g/mol. The summed E-state index contributed by atoms with van der Waals surface area (Å²) in [7, 11) is 0. The third-order valence-corrected chi connectivity index (χ3v) is 2.83. The van der Waals surface area contributed by atoms with Crippen molar-refractivity contribution in [2.45, 2.75) is 32.3 Å². The normalized spacial score (nSPS) is 17.0. The predicted molar refractivity (Wildman–Crippen MR) is 65.2 cm³/mol. The summed E-state index contributed by atoms with van der Waals surface area (Å²) in [6.45, 7) is 4.22. The molecule has 1 aromatic rings. The van der Waals surface area contributed by atoms with Crippen molar-refractivity contribution in [3.05, 3.63) is 11.7 Å². The van der Waals surface area contributed by atoms with E-state index >= 15 is 0 Å². The van der Waals surface area contributed by atoms with E-state index in [1.165, 1.54) is 12.8 Å². The molecule has 1 aliphatic carbocycles. The van der Waals surface area contributed by atoms with Gasteiger partial charge in [-0.3, -0.25) is 0 Å². The van der Waals surface area contributed by atoms with Gasteiger partial charge in [-0.2, -0.15) is 4.98 Å². The van der Waals surface area contributed by atoms with Gasteiger partial charge < -0.3 is 19.7 Å². The Bertz CT molecular complexity index is 352. The standard InChI is InChI=1S/C12H21N3O3/c1-9-14-12(18-15-9)4-5-13-6-11(16)8-17-7-10-2-3-10/h10-11,13,16H,2-8H2,1H3. The van der Waals surface area contributed by atoms with Crippen LogP contribution < -0.4 is 5.32 Å². The van der Waals surface area contributed by atoms with Gasteiger partial charge in [-0.15, -0.1) is 0 Å². The summed E-state index contributed by atoms with van der Waals surface area (Å²) in [5, 5.41) is 16.5. The average Bonchev–Trinajstić information content (AvgIpc) is 3.07. The number of hydrogen-bond donors (Lipinski definition) is 2. The fourth-order valence-electron chi connectivity index (χ4n) is 1.62. The molecule has 0 radical (unpaired) electrons. The molecule has 0 saturated heterocycles. The quantitative estimate of drug-likeness (QED) is 0.618. The second-order valence-corrected chi connectivity index (χ2v) is 4.82. The predicted octanol–water partition coefficient (Wildman–Crippen LogP) is 0.298. The van der Waals surface area contributed by atoms with Crippen LogP contribution in [0.5, 0.6) is 0 Å². The zero-order chi connectivity index (χ0) is 12.8. The molecule has 0 spiro atoms. The Hall–Kier alpha value is -0.980. The number of nitrogens with zero attached hydrogens (tertiary/aromatic N) is 2. The molecule has 0 aromatic carbocycles. The third-order valence-electron chi connectivity index (χ3n) is 2.83. The van der Waals surface area contributed by atoms with Crippen molar-refractivity contribution < 1.29 is 14.4 Å². The zero-order valence-corrected chi connectivity index (χ0v) is 10.8. The van der Waals surface area contributed by atoms with E-state index in [4.69, 9.17) is 9.26 Å². The lowest BCUT2D eigenvalue weighted by Crippen LogP contribution is -2.31. The largest absolute Gasteiger partial charge is 0.389 e. The molecule has 6 heteroatoms. The molecule has 1 saturated carbocycles. The van der Waals surface area contributed by atoms with Crippen molar-refractivity contribution in [3.63, 3.8) is 0 Å². The van der Waals surface area contributed by atoms with Gasteiger partial charge in [0, 0.05) is 26.1 Å². The molecule has 1 aliphatic rings. The van der Waals surface area contributed by atoms with Crippen molar-refractivity contribution in [1.82, 2.24) is 15.5 Å². The molecule has 0 bridgehead atoms. The van der Waals surface area contributed by atoms with Crippen LogP contribution in [0.3, 0.4) is 0 Å². The van der Waals surface area contributed by atoms with Crippen molar-refractivity contribution in [2.75, 3.05) is 26.3 Å². The van der Waals surface area contributed by atoms with Crippen molar-refractivity contribution >= 4 is 0 Å². The number of nitrogens with one attached hydrogen (secondary N) is 1. The molecule has 2 N–H and O–H groups in total. The minimum absolute atomic E-state index is 0.406. The molecule has 102 valence electrons. The van der Waals surface area contributed by atoms with Gasteiger partial charge in [0.2, 0.25) is 5.89 Å². The molecule has 2 rings (SSSR count). The van der Waals surface area contributed by atoms with Gasteiger partial charge in [0.05, 0.1) is 12.7 Å². The maximum atomic E-state index is 9.64. The zero-order valence-electron chi connectivity index (χ0n) is 10.8. The highest BCUT2D eigenvalue weighted by Crippen LogP contribution is 2.28. The number of rotatable bonds is 9. The lowest BCUT2D eigenvalue weighted by Gasteiger charge is -2.11. The molecule has 1 heterocycles. The van der Waals surface area contributed by atoms with E-state index in [2.05, 4.69) is 15.5 Å². The molecule has 1 atom stereocenters. The van der Waals surface area contributed by atoms with Crippen LogP contribution in [0.25, 0.3) is 0 Å². The Kier molecular flexibility index (Phi) is 5.10. The number of aliphatic hydroxyl groups excluding tert-OH is 1. The van der Waals surface area contributed by atoms with E-state index in [0.717, 1.165) is 12.5 Å². The highest BCUT2D eigenvalue weighted by atomic mass is 16.5. The summed E-state index contributed by atoms with van der Waals surface area (Å²) in [4.78, 5) is 4.10. The van der Waals surface area contributed by atoms with E-state index < -0.39 is 6.10 Å². The van der Waals surface area contributed by atoms with Gasteiger partial charge in [0.25, 0.3) is 0 Å². The van der Waals surface area contributed by atoms with E-state index in [-0.39, 0.29) is 0 Å². The van der Waals surface area contributed by atoms with E-state index in [9.17, 15) is 5.11 Å². The van der Waals surface area contributed by atoms with Gasteiger partial charge in [0.15, 0.2) is 5.82 Å². The van der Waals surface area contributed by atoms with Crippen molar-refractivity contribution in [1.29, 1.82) is 0 Å². The topological polar surface area (TPSA) is 80.4 Å². The Morgan fingerprint density at radius 1 is 1.56 bits per heavy atom. The third kappa shape index (κ3) is 5.12. The van der Waals surface area contributed by atoms with Gasteiger partial charge >= 0.3 is 0 Å². The summed E-state index contributed by atoms with van der Waals surface area (Å²) in [6.07, 6.45) is 2.78. The fraction of sp³-hybridized carbons (Fsp3) is 0.833. The average molecular weight is 255 g/mol. The van der Waals surface area contributed by atoms with E-state index in [1.807, 2.05) is 0 Å². The van der Waals surface area contributed by atoms with Crippen molar-refractivity contribution in [2.24, 2.45) is 5.92 Å². The Labute approximate surface area is 107 Å². The summed E-state index contributed by atoms with van der Waals surface area (Å²) < 4.78 is 10.4. The maximum Gasteiger partial charge on any atom is 0.227 e. The minimum Gasteiger partial charge on any atom is -0.389 e. The fourth-order valence-corrected chi connectivity index (χ4v) is 1.62. The van der Waals surface area contributed by atoms with Gasteiger partial charge in [-0.1, -0.05) is 5.16 Å². The van der Waals surface area contributed by atoms with Crippen LogP contribution in [0.2, 0.25) is 0 Å². The highest BCUT2D eigenvalue weighted by molar-refractivity contribution is 4.83. The summed E-state index contributed by atoms with van der Waals surface area (Å²) in [5.41, 5.74) is 0. The minimum atomic E-state index is -0.451. The Balaban J connectivity index is 1.46.